The van der Waals surface area contributed by atoms with Crippen LogP contribution in [0.25, 0.3) is 5.65 Å². The first kappa shape index (κ1) is 16.2. The number of piperazine rings is 1. The molecule has 128 valence electrons. The van der Waals surface area contributed by atoms with Crippen LogP contribution in [0.2, 0.25) is 10.2 Å². The topological polar surface area (TPSA) is 53.7 Å². The SMILES string of the molecule is O=C(c1cn2nc(Cl)ccc2n1)N1CCN(c2ccccc2Cl)CC1. The van der Waals surface area contributed by atoms with E-state index in [0.717, 1.165) is 23.8 Å². The summed E-state index contributed by atoms with van der Waals surface area (Å²) in [7, 11) is 0. The fourth-order valence-electron chi connectivity index (χ4n) is 2.98. The quantitative estimate of drug-likeness (QED) is 0.690. The molecular formula is C17H15Cl2N5O. The second-order valence-electron chi connectivity index (χ2n) is 5.82. The molecule has 1 saturated heterocycles. The van der Waals surface area contributed by atoms with E-state index in [0.29, 0.717) is 29.6 Å². The number of aromatic nitrogens is 3. The van der Waals surface area contributed by atoms with Gasteiger partial charge in [-0.1, -0.05) is 35.3 Å². The van der Waals surface area contributed by atoms with E-state index < -0.39 is 0 Å². The minimum Gasteiger partial charge on any atom is -0.367 e. The number of anilines is 1. The summed E-state index contributed by atoms with van der Waals surface area (Å²) in [5.41, 5.74) is 1.98. The van der Waals surface area contributed by atoms with E-state index in [9.17, 15) is 4.79 Å². The second kappa shape index (κ2) is 6.54. The number of amides is 1. The molecule has 1 aliphatic heterocycles. The Morgan fingerprint density at radius 3 is 2.52 bits per heavy atom. The van der Waals surface area contributed by atoms with Crippen molar-refractivity contribution in [3.63, 3.8) is 0 Å². The number of nitrogens with zero attached hydrogens (tertiary/aromatic N) is 5. The molecule has 4 rings (SSSR count). The monoisotopic (exact) mass is 375 g/mol. The Labute approximate surface area is 154 Å². The van der Waals surface area contributed by atoms with Crippen molar-refractivity contribution in [1.29, 1.82) is 0 Å². The van der Waals surface area contributed by atoms with Crippen molar-refractivity contribution in [2.75, 3.05) is 31.1 Å². The van der Waals surface area contributed by atoms with Gasteiger partial charge in [0.15, 0.2) is 5.65 Å². The van der Waals surface area contributed by atoms with Crippen molar-refractivity contribution >= 4 is 40.4 Å². The molecule has 0 unspecified atom stereocenters. The summed E-state index contributed by atoms with van der Waals surface area (Å²) < 4.78 is 1.52. The van der Waals surface area contributed by atoms with Crippen molar-refractivity contribution < 1.29 is 4.79 Å². The number of imidazole rings is 1. The maximum Gasteiger partial charge on any atom is 0.274 e. The van der Waals surface area contributed by atoms with Crippen LogP contribution in [0.3, 0.4) is 0 Å². The molecule has 0 N–H and O–H groups in total. The number of hydrogen-bond donors (Lipinski definition) is 0. The van der Waals surface area contributed by atoms with Gasteiger partial charge in [-0.3, -0.25) is 4.79 Å². The zero-order valence-electron chi connectivity index (χ0n) is 13.3. The van der Waals surface area contributed by atoms with Crippen LogP contribution < -0.4 is 4.90 Å². The summed E-state index contributed by atoms with van der Waals surface area (Å²) in [6.07, 6.45) is 1.62. The fraction of sp³-hybridized carbons (Fsp3) is 0.235. The standard InChI is InChI=1S/C17H15Cl2N5O/c18-12-3-1-2-4-14(12)22-7-9-23(10-8-22)17(25)13-11-24-16(20-13)6-5-15(19)21-24/h1-6,11H,7-10H2. The molecule has 0 saturated carbocycles. The number of benzene rings is 1. The maximum absolute atomic E-state index is 12.7. The molecule has 8 heteroatoms. The zero-order valence-corrected chi connectivity index (χ0v) is 14.8. The van der Waals surface area contributed by atoms with Crippen molar-refractivity contribution in [3.8, 4) is 0 Å². The number of hydrogen-bond acceptors (Lipinski definition) is 4. The lowest BCUT2D eigenvalue weighted by Gasteiger charge is -2.36. The molecule has 0 spiro atoms. The third-order valence-electron chi connectivity index (χ3n) is 4.27. The molecule has 0 atom stereocenters. The van der Waals surface area contributed by atoms with E-state index >= 15 is 0 Å². The summed E-state index contributed by atoms with van der Waals surface area (Å²) in [4.78, 5) is 21.0. The van der Waals surface area contributed by atoms with Crippen LogP contribution in [0.4, 0.5) is 5.69 Å². The van der Waals surface area contributed by atoms with Gasteiger partial charge >= 0.3 is 0 Å². The van der Waals surface area contributed by atoms with Gasteiger partial charge in [0, 0.05) is 26.2 Å². The number of rotatable bonds is 2. The van der Waals surface area contributed by atoms with Crippen LogP contribution in [-0.4, -0.2) is 51.6 Å². The third-order valence-corrected chi connectivity index (χ3v) is 4.79. The number of carbonyl (C=O) groups excluding carboxylic acids is 1. The summed E-state index contributed by atoms with van der Waals surface area (Å²) in [5.74, 6) is -0.0968. The Bertz CT molecular complexity index is 934. The molecule has 1 fully saturated rings. The predicted molar refractivity (Wildman–Crippen MR) is 97.6 cm³/mol. The molecule has 6 nitrogen and oxygen atoms in total. The molecule has 0 bridgehead atoms. The number of carbonyl (C=O) groups is 1. The van der Waals surface area contributed by atoms with E-state index in [-0.39, 0.29) is 5.91 Å². The van der Waals surface area contributed by atoms with E-state index in [2.05, 4.69) is 15.0 Å². The van der Waals surface area contributed by atoms with Gasteiger partial charge in [0.25, 0.3) is 5.91 Å². The fourth-order valence-corrected chi connectivity index (χ4v) is 3.38. The Morgan fingerprint density at radius 2 is 1.76 bits per heavy atom. The van der Waals surface area contributed by atoms with Gasteiger partial charge in [-0.2, -0.15) is 5.10 Å². The smallest absolute Gasteiger partial charge is 0.274 e. The normalized spacial score (nSPS) is 15.0. The highest BCUT2D eigenvalue weighted by Crippen LogP contribution is 2.26. The lowest BCUT2D eigenvalue weighted by molar-refractivity contribution is 0.0741. The first-order valence-electron chi connectivity index (χ1n) is 7.92. The highest BCUT2D eigenvalue weighted by Gasteiger charge is 2.25. The van der Waals surface area contributed by atoms with E-state index in [1.54, 1.807) is 23.2 Å². The molecule has 0 aliphatic carbocycles. The van der Waals surface area contributed by atoms with Gasteiger partial charge in [-0.05, 0) is 24.3 Å². The summed E-state index contributed by atoms with van der Waals surface area (Å²) >= 11 is 12.1. The average Bonchev–Trinajstić information content (AvgIpc) is 3.05. The van der Waals surface area contributed by atoms with Gasteiger partial charge in [-0.15, -0.1) is 0 Å². The van der Waals surface area contributed by atoms with E-state index in [1.165, 1.54) is 4.52 Å². The zero-order chi connectivity index (χ0) is 17.4. The molecule has 2 aromatic heterocycles. The van der Waals surface area contributed by atoms with Crippen molar-refractivity contribution in [3.05, 3.63) is 58.5 Å². The van der Waals surface area contributed by atoms with Gasteiger partial charge in [0.1, 0.15) is 10.8 Å². The maximum atomic E-state index is 12.7. The van der Waals surface area contributed by atoms with Crippen LogP contribution in [0.1, 0.15) is 10.5 Å². The molecule has 3 aromatic rings. The Kier molecular flexibility index (Phi) is 4.23. The van der Waals surface area contributed by atoms with Crippen LogP contribution in [0.5, 0.6) is 0 Å². The van der Waals surface area contributed by atoms with Crippen molar-refractivity contribution in [1.82, 2.24) is 19.5 Å². The first-order valence-corrected chi connectivity index (χ1v) is 8.68. The van der Waals surface area contributed by atoms with Crippen LogP contribution in [0, 0.1) is 0 Å². The molecular weight excluding hydrogens is 361 g/mol. The van der Waals surface area contributed by atoms with Gasteiger partial charge in [-0.25, -0.2) is 9.50 Å². The van der Waals surface area contributed by atoms with Crippen molar-refractivity contribution in [2.45, 2.75) is 0 Å². The molecule has 1 amide bonds. The van der Waals surface area contributed by atoms with E-state index in [1.807, 2.05) is 24.3 Å². The van der Waals surface area contributed by atoms with Gasteiger partial charge in [0.2, 0.25) is 0 Å². The lowest BCUT2D eigenvalue weighted by Crippen LogP contribution is -2.49. The third kappa shape index (κ3) is 3.15. The molecule has 1 aliphatic rings. The number of fused-ring (bicyclic) bond motifs is 1. The largest absolute Gasteiger partial charge is 0.367 e. The van der Waals surface area contributed by atoms with Gasteiger partial charge < -0.3 is 9.80 Å². The average molecular weight is 376 g/mol. The second-order valence-corrected chi connectivity index (χ2v) is 6.61. The highest BCUT2D eigenvalue weighted by molar-refractivity contribution is 6.33. The minimum absolute atomic E-state index is 0.0968. The number of para-hydroxylation sites is 1. The number of halogens is 2. The molecule has 25 heavy (non-hydrogen) atoms. The molecule has 3 heterocycles. The molecule has 0 radical (unpaired) electrons. The Morgan fingerprint density at radius 1 is 1.00 bits per heavy atom. The Balaban J connectivity index is 1.48. The first-order chi connectivity index (χ1) is 12.1. The van der Waals surface area contributed by atoms with E-state index in [4.69, 9.17) is 23.2 Å². The molecule has 1 aromatic carbocycles. The van der Waals surface area contributed by atoms with Crippen LogP contribution >= 0.6 is 23.2 Å². The minimum atomic E-state index is -0.0968. The van der Waals surface area contributed by atoms with Gasteiger partial charge in [0.05, 0.1) is 16.9 Å². The predicted octanol–water partition coefficient (Wildman–Crippen LogP) is 3.00. The summed E-state index contributed by atoms with van der Waals surface area (Å²) in [6.45, 7) is 2.69. The van der Waals surface area contributed by atoms with Crippen LogP contribution in [-0.2, 0) is 0 Å². The van der Waals surface area contributed by atoms with Crippen LogP contribution in [0.15, 0.2) is 42.6 Å². The summed E-state index contributed by atoms with van der Waals surface area (Å²) in [5, 5.41) is 5.20. The summed E-state index contributed by atoms with van der Waals surface area (Å²) in [6, 6.07) is 11.1. The van der Waals surface area contributed by atoms with Crippen molar-refractivity contribution in [2.24, 2.45) is 0 Å². The highest BCUT2D eigenvalue weighted by atomic mass is 35.5. The Hall–Kier alpha value is -2.31. The lowest BCUT2D eigenvalue weighted by atomic mass is 10.2.